The molecule has 0 unspecified atom stereocenters. The number of halogens is 1. The molecule has 1 aromatic rings. The second kappa shape index (κ2) is 5.41. The lowest BCUT2D eigenvalue weighted by Crippen LogP contribution is -2.13. The number of carbonyl (C=O) groups excluding carboxylic acids is 1. The van der Waals surface area contributed by atoms with Gasteiger partial charge in [-0.25, -0.2) is 4.79 Å². The van der Waals surface area contributed by atoms with Crippen molar-refractivity contribution in [3.8, 4) is 6.07 Å². The number of nitrogens with zero attached hydrogens (tertiary/aromatic N) is 2. The van der Waals surface area contributed by atoms with E-state index >= 15 is 0 Å². The quantitative estimate of drug-likeness (QED) is 0.485. The summed E-state index contributed by atoms with van der Waals surface area (Å²) in [6.07, 6.45) is -0.898. The Bertz CT molecular complexity index is 510. The number of esters is 1. The summed E-state index contributed by atoms with van der Waals surface area (Å²) in [6.45, 7) is 1.41. The third-order valence-electron chi connectivity index (χ3n) is 1.84. The van der Waals surface area contributed by atoms with Gasteiger partial charge in [0.25, 0.3) is 5.69 Å². The smallest absolute Gasteiger partial charge is 0.339 e. The van der Waals surface area contributed by atoms with Crippen molar-refractivity contribution in [2.24, 2.45) is 0 Å². The minimum Gasteiger partial charge on any atom is -0.444 e. The van der Waals surface area contributed by atoms with Crippen LogP contribution in [0.4, 0.5) is 5.69 Å². The second-order valence-electron chi connectivity index (χ2n) is 3.10. The van der Waals surface area contributed by atoms with Crippen molar-refractivity contribution in [3.05, 3.63) is 38.3 Å². The first-order valence-corrected chi connectivity index (χ1v) is 5.29. The van der Waals surface area contributed by atoms with E-state index in [1.165, 1.54) is 19.1 Å². The van der Waals surface area contributed by atoms with E-state index in [-0.39, 0.29) is 15.7 Å². The molecule has 0 saturated carbocycles. The highest BCUT2D eigenvalue weighted by atomic mass is 79.9. The minimum absolute atomic E-state index is 0.0296. The lowest BCUT2D eigenvalue weighted by atomic mass is 10.2. The van der Waals surface area contributed by atoms with Crippen LogP contribution in [0.25, 0.3) is 0 Å². The first kappa shape index (κ1) is 13.1. The van der Waals surface area contributed by atoms with Gasteiger partial charge in [0, 0.05) is 6.07 Å². The van der Waals surface area contributed by atoms with Crippen LogP contribution in [-0.2, 0) is 4.74 Å². The number of nitriles is 1. The number of ether oxygens (including phenoxy) is 1. The molecule has 88 valence electrons. The molecule has 0 fully saturated rings. The zero-order chi connectivity index (χ0) is 13.0. The Balaban J connectivity index is 3.01. The Morgan fingerprint density at radius 2 is 2.29 bits per heavy atom. The van der Waals surface area contributed by atoms with Gasteiger partial charge in [-0.05, 0) is 35.0 Å². The Labute approximate surface area is 105 Å². The predicted octanol–water partition coefficient (Wildman–Crippen LogP) is 2.43. The standard InChI is InChI=1S/C10H7BrN2O4/c1-6(5-12)17-10(14)7-2-3-8(11)9(4-7)13(15)16/h2-4,6H,1H3/t6-/m0/s1. The first-order valence-electron chi connectivity index (χ1n) is 4.50. The van der Waals surface area contributed by atoms with Gasteiger partial charge in [0.05, 0.1) is 15.0 Å². The summed E-state index contributed by atoms with van der Waals surface area (Å²) in [7, 11) is 0. The van der Waals surface area contributed by atoms with Gasteiger partial charge in [-0.1, -0.05) is 0 Å². The van der Waals surface area contributed by atoms with Gasteiger partial charge in [0.2, 0.25) is 0 Å². The first-order chi connectivity index (χ1) is 7.95. The van der Waals surface area contributed by atoms with Crippen LogP contribution >= 0.6 is 15.9 Å². The number of hydrogen-bond donors (Lipinski definition) is 0. The van der Waals surface area contributed by atoms with Gasteiger partial charge in [0.15, 0.2) is 6.10 Å². The number of nitro benzene ring substituents is 1. The molecule has 0 N–H and O–H groups in total. The Morgan fingerprint density at radius 3 is 2.82 bits per heavy atom. The maximum Gasteiger partial charge on any atom is 0.339 e. The molecular formula is C10H7BrN2O4. The van der Waals surface area contributed by atoms with E-state index in [9.17, 15) is 14.9 Å². The minimum atomic E-state index is -0.898. The van der Waals surface area contributed by atoms with Crippen molar-refractivity contribution < 1.29 is 14.5 Å². The summed E-state index contributed by atoms with van der Waals surface area (Å²) < 4.78 is 4.99. The van der Waals surface area contributed by atoms with Crippen molar-refractivity contribution in [1.82, 2.24) is 0 Å². The van der Waals surface area contributed by atoms with Gasteiger partial charge >= 0.3 is 5.97 Å². The highest BCUT2D eigenvalue weighted by Gasteiger charge is 2.18. The molecule has 0 heterocycles. The fourth-order valence-electron chi connectivity index (χ4n) is 1.03. The molecule has 0 radical (unpaired) electrons. The van der Waals surface area contributed by atoms with E-state index in [1.807, 2.05) is 0 Å². The maximum atomic E-state index is 11.5. The number of carbonyl (C=O) groups is 1. The van der Waals surface area contributed by atoms with Crippen LogP contribution in [0.15, 0.2) is 22.7 Å². The predicted molar refractivity (Wildman–Crippen MR) is 61.3 cm³/mol. The molecule has 0 aliphatic rings. The van der Waals surface area contributed by atoms with Crippen LogP contribution < -0.4 is 0 Å². The van der Waals surface area contributed by atoms with Crippen LogP contribution in [0.2, 0.25) is 0 Å². The number of hydrogen-bond acceptors (Lipinski definition) is 5. The average molecular weight is 299 g/mol. The van der Waals surface area contributed by atoms with E-state index in [0.29, 0.717) is 0 Å². The Morgan fingerprint density at radius 1 is 1.65 bits per heavy atom. The molecule has 0 saturated heterocycles. The molecule has 0 aromatic heterocycles. The fraction of sp³-hybridized carbons (Fsp3) is 0.200. The van der Waals surface area contributed by atoms with E-state index in [2.05, 4.69) is 15.9 Å². The molecule has 1 rings (SSSR count). The van der Waals surface area contributed by atoms with Crippen LogP contribution in [0, 0.1) is 21.4 Å². The van der Waals surface area contributed by atoms with E-state index in [1.54, 1.807) is 6.07 Å². The van der Waals surface area contributed by atoms with E-state index in [4.69, 9.17) is 10.00 Å². The topological polar surface area (TPSA) is 93.2 Å². The summed E-state index contributed by atoms with van der Waals surface area (Å²) in [4.78, 5) is 21.5. The zero-order valence-corrected chi connectivity index (χ0v) is 10.3. The van der Waals surface area contributed by atoms with Crippen molar-refractivity contribution >= 4 is 27.6 Å². The summed E-state index contributed by atoms with van der Waals surface area (Å²) >= 11 is 3.00. The number of benzene rings is 1. The van der Waals surface area contributed by atoms with Gasteiger partial charge in [0.1, 0.15) is 6.07 Å². The summed E-state index contributed by atoms with van der Waals surface area (Å²) in [5.74, 6) is -0.769. The molecule has 7 heteroatoms. The van der Waals surface area contributed by atoms with Crippen LogP contribution in [0.1, 0.15) is 17.3 Å². The Kier molecular flexibility index (Phi) is 4.17. The van der Waals surface area contributed by atoms with Gasteiger partial charge in [-0.2, -0.15) is 5.26 Å². The summed E-state index contributed by atoms with van der Waals surface area (Å²) in [6, 6.07) is 5.58. The summed E-state index contributed by atoms with van der Waals surface area (Å²) in [5, 5.41) is 19.1. The highest BCUT2D eigenvalue weighted by Crippen LogP contribution is 2.25. The molecule has 17 heavy (non-hydrogen) atoms. The highest BCUT2D eigenvalue weighted by molar-refractivity contribution is 9.10. The monoisotopic (exact) mass is 298 g/mol. The van der Waals surface area contributed by atoms with Crippen LogP contribution in [0.3, 0.4) is 0 Å². The molecule has 6 nitrogen and oxygen atoms in total. The molecular weight excluding hydrogens is 292 g/mol. The normalized spacial score (nSPS) is 11.4. The van der Waals surface area contributed by atoms with Crippen LogP contribution in [-0.4, -0.2) is 17.0 Å². The molecule has 0 spiro atoms. The zero-order valence-electron chi connectivity index (χ0n) is 8.71. The fourth-order valence-corrected chi connectivity index (χ4v) is 1.43. The molecule has 1 aromatic carbocycles. The maximum absolute atomic E-state index is 11.5. The van der Waals surface area contributed by atoms with E-state index < -0.39 is 17.0 Å². The molecule has 0 amide bonds. The number of rotatable bonds is 3. The van der Waals surface area contributed by atoms with Gasteiger partial charge in [-0.3, -0.25) is 10.1 Å². The lowest BCUT2D eigenvalue weighted by Gasteiger charge is -2.05. The van der Waals surface area contributed by atoms with Gasteiger partial charge in [-0.15, -0.1) is 0 Å². The third kappa shape index (κ3) is 3.26. The summed E-state index contributed by atoms with van der Waals surface area (Å²) in [5.41, 5.74) is -0.203. The largest absolute Gasteiger partial charge is 0.444 e. The van der Waals surface area contributed by atoms with Crippen molar-refractivity contribution in [2.75, 3.05) is 0 Å². The molecule has 0 aliphatic carbocycles. The Hall–Kier alpha value is -1.94. The second-order valence-corrected chi connectivity index (χ2v) is 3.95. The SMILES string of the molecule is C[C@@H](C#N)OC(=O)c1ccc(Br)c([N+](=O)[O-])c1. The average Bonchev–Trinajstić information content (AvgIpc) is 2.28. The van der Waals surface area contributed by atoms with Crippen molar-refractivity contribution in [1.29, 1.82) is 5.26 Å². The molecule has 0 aliphatic heterocycles. The van der Waals surface area contributed by atoms with Gasteiger partial charge < -0.3 is 4.74 Å². The third-order valence-corrected chi connectivity index (χ3v) is 2.51. The number of nitro groups is 1. The molecule has 1 atom stereocenters. The lowest BCUT2D eigenvalue weighted by molar-refractivity contribution is -0.385. The van der Waals surface area contributed by atoms with E-state index in [0.717, 1.165) is 6.07 Å². The van der Waals surface area contributed by atoms with Crippen molar-refractivity contribution in [2.45, 2.75) is 13.0 Å². The van der Waals surface area contributed by atoms with Crippen molar-refractivity contribution in [3.63, 3.8) is 0 Å². The van der Waals surface area contributed by atoms with Crippen LogP contribution in [0.5, 0.6) is 0 Å². The molecule has 0 bridgehead atoms.